The van der Waals surface area contributed by atoms with E-state index in [1.807, 2.05) is 0 Å². The van der Waals surface area contributed by atoms with Crippen LogP contribution in [-0.4, -0.2) is 16.0 Å². The van der Waals surface area contributed by atoms with Gasteiger partial charge in [0.1, 0.15) is 5.02 Å². The van der Waals surface area contributed by atoms with Crippen molar-refractivity contribution < 1.29 is 14.8 Å². The van der Waals surface area contributed by atoms with Crippen molar-refractivity contribution in [2.24, 2.45) is 0 Å². The maximum absolute atomic E-state index is 10.7. The van der Waals surface area contributed by atoms with E-state index in [2.05, 4.69) is 0 Å². The van der Waals surface area contributed by atoms with Crippen molar-refractivity contribution in [1.82, 2.24) is 0 Å². The molecule has 0 saturated heterocycles. The first-order valence-corrected chi connectivity index (χ1v) is 6.62. The van der Waals surface area contributed by atoms with Gasteiger partial charge in [-0.2, -0.15) is 0 Å². The lowest BCUT2D eigenvalue weighted by Crippen LogP contribution is -1.94. The molecule has 5 nitrogen and oxygen atoms in total. The topological polar surface area (TPSA) is 80.4 Å². The molecule has 1 N–H and O–H groups in total. The van der Waals surface area contributed by atoms with Crippen LogP contribution >= 0.6 is 23.4 Å². The summed E-state index contributed by atoms with van der Waals surface area (Å²) in [6.07, 6.45) is 0. The first-order chi connectivity index (χ1) is 9.47. The van der Waals surface area contributed by atoms with Crippen molar-refractivity contribution in [3.63, 3.8) is 0 Å². The number of nitro benzene ring substituents is 1. The summed E-state index contributed by atoms with van der Waals surface area (Å²) in [5.41, 5.74) is 0.0633. The van der Waals surface area contributed by atoms with Crippen LogP contribution in [0.5, 0.6) is 0 Å². The molecule has 0 aliphatic rings. The van der Waals surface area contributed by atoms with E-state index in [4.69, 9.17) is 16.7 Å². The monoisotopic (exact) mass is 309 g/mol. The summed E-state index contributed by atoms with van der Waals surface area (Å²) < 4.78 is 0. The molecule has 0 aliphatic heterocycles. The standard InChI is InChI=1S/C13H8ClNO4S/c14-11-7-10(5-6-12(11)15(18)19)20-9-3-1-8(2-4-9)13(16)17/h1-7H,(H,16,17). The third-order valence-corrected chi connectivity index (χ3v) is 3.75. The SMILES string of the molecule is O=C(O)c1ccc(Sc2ccc([N+](=O)[O-])c(Cl)c2)cc1. The second kappa shape index (κ2) is 5.94. The summed E-state index contributed by atoms with van der Waals surface area (Å²) in [7, 11) is 0. The van der Waals surface area contributed by atoms with Gasteiger partial charge in [0.15, 0.2) is 0 Å². The third kappa shape index (κ3) is 3.28. The highest BCUT2D eigenvalue weighted by Gasteiger charge is 2.12. The largest absolute Gasteiger partial charge is 0.478 e. The van der Waals surface area contributed by atoms with E-state index in [-0.39, 0.29) is 16.3 Å². The molecule has 0 heterocycles. The molecule has 0 radical (unpaired) electrons. The van der Waals surface area contributed by atoms with E-state index >= 15 is 0 Å². The molecule has 0 bridgehead atoms. The Morgan fingerprint density at radius 3 is 2.25 bits per heavy atom. The molecule has 0 fully saturated rings. The Balaban J connectivity index is 2.19. The Kier molecular flexibility index (Phi) is 4.26. The summed E-state index contributed by atoms with van der Waals surface area (Å²) in [5.74, 6) is -0.986. The summed E-state index contributed by atoms with van der Waals surface area (Å²) in [6, 6.07) is 10.8. The van der Waals surface area contributed by atoms with Gasteiger partial charge >= 0.3 is 5.97 Å². The van der Waals surface area contributed by atoms with E-state index in [1.165, 1.54) is 36.0 Å². The van der Waals surface area contributed by atoms with Crippen LogP contribution < -0.4 is 0 Å². The van der Waals surface area contributed by atoms with Crippen LogP contribution in [0.1, 0.15) is 10.4 Å². The van der Waals surface area contributed by atoms with E-state index < -0.39 is 10.9 Å². The van der Waals surface area contributed by atoms with Crippen molar-refractivity contribution in [2.45, 2.75) is 9.79 Å². The Hall–Kier alpha value is -2.05. The molecule has 2 rings (SSSR count). The Morgan fingerprint density at radius 1 is 1.15 bits per heavy atom. The highest BCUT2D eigenvalue weighted by Crippen LogP contribution is 2.33. The van der Waals surface area contributed by atoms with Gasteiger partial charge in [-0.3, -0.25) is 10.1 Å². The first kappa shape index (κ1) is 14.4. The number of benzene rings is 2. The maximum atomic E-state index is 10.7. The highest BCUT2D eigenvalue weighted by molar-refractivity contribution is 7.99. The van der Waals surface area contributed by atoms with Gasteiger partial charge in [0.05, 0.1) is 10.5 Å². The molecule has 2 aromatic rings. The van der Waals surface area contributed by atoms with Crippen molar-refractivity contribution in [2.75, 3.05) is 0 Å². The van der Waals surface area contributed by atoms with Gasteiger partial charge in [-0.05, 0) is 36.4 Å². The molecule has 0 amide bonds. The van der Waals surface area contributed by atoms with Crippen LogP contribution in [0.2, 0.25) is 5.02 Å². The zero-order valence-corrected chi connectivity index (χ0v) is 11.5. The zero-order chi connectivity index (χ0) is 14.7. The number of hydrogen-bond donors (Lipinski definition) is 1. The number of hydrogen-bond acceptors (Lipinski definition) is 4. The quantitative estimate of drug-likeness (QED) is 0.679. The average Bonchev–Trinajstić information content (AvgIpc) is 2.39. The molecule has 20 heavy (non-hydrogen) atoms. The maximum Gasteiger partial charge on any atom is 0.335 e. The molecular weight excluding hydrogens is 302 g/mol. The molecule has 0 saturated carbocycles. The number of rotatable bonds is 4. The molecular formula is C13H8ClNO4S. The minimum atomic E-state index is -0.986. The van der Waals surface area contributed by atoms with Crippen LogP contribution in [-0.2, 0) is 0 Å². The summed E-state index contributed by atoms with van der Waals surface area (Å²) in [5, 5.41) is 19.5. The zero-order valence-electron chi connectivity index (χ0n) is 9.95. The van der Waals surface area contributed by atoms with E-state index in [1.54, 1.807) is 18.2 Å². The number of nitro groups is 1. The number of halogens is 1. The lowest BCUT2D eigenvalue weighted by molar-refractivity contribution is -0.384. The number of carbonyl (C=O) groups is 1. The smallest absolute Gasteiger partial charge is 0.335 e. The number of carboxylic acid groups (broad SMARTS) is 1. The van der Waals surface area contributed by atoms with Gasteiger partial charge in [0, 0.05) is 15.9 Å². The summed E-state index contributed by atoms with van der Waals surface area (Å²) in [4.78, 5) is 22.4. The number of aromatic carboxylic acids is 1. The highest BCUT2D eigenvalue weighted by atomic mass is 35.5. The Bertz CT molecular complexity index is 673. The lowest BCUT2D eigenvalue weighted by atomic mass is 10.2. The first-order valence-electron chi connectivity index (χ1n) is 5.42. The Morgan fingerprint density at radius 2 is 1.75 bits per heavy atom. The van der Waals surface area contributed by atoms with Gasteiger partial charge in [-0.25, -0.2) is 4.79 Å². The van der Waals surface area contributed by atoms with Crippen LogP contribution in [0.3, 0.4) is 0 Å². The molecule has 7 heteroatoms. The molecule has 2 aromatic carbocycles. The van der Waals surface area contributed by atoms with Crippen LogP contribution in [0.15, 0.2) is 52.3 Å². The average molecular weight is 310 g/mol. The van der Waals surface area contributed by atoms with Crippen LogP contribution in [0.25, 0.3) is 0 Å². The molecule has 102 valence electrons. The third-order valence-electron chi connectivity index (χ3n) is 2.45. The summed E-state index contributed by atoms with van der Waals surface area (Å²) in [6.45, 7) is 0. The number of nitrogens with zero attached hydrogens (tertiary/aromatic N) is 1. The van der Waals surface area contributed by atoms with E-state index in [0.29, 0.717) is 0 Å². The van der Waals surface area contributed by atoms with Crippen molar-refractivity contribution in [3.8, 4) is 0 Å². The molecule has 0 aliphatic carbocycles. The van der Waals surface area contributed by atoms with Crippen LogP contribution in [0.4, 0.5) is 5.69 Å². The lowest BCUT2D eigenvalue weighted by Gasteiger charge is -2.03. The molecule has 0 unspecified atom stereocenters. The molecule has 0 aromatic heterocycles. The second-order valence-electron chi connectivity index (χ2n) is 3.80. The van der Waals surface area contributed by atoms with Crippen LogP contribution in [0, 0.1) is 10.1 Å². The Labute approximate surface area is 123 Å². The fraction of sp³-hybridized carbons (Fsp3) is 0. The van der Waals surface area contributed by atoms with Crippen molar-refractivity contribution in [3.05, 3.63) is 63.2 Å². The van der Waals surface area contributed by atoms with Crippen molar-refractivity contribution in [1.29, 1.82) is 0 Å². The fourth-order valence-electron chi connectivity index (χ4n) is 1.50. The summed E-state index contributed by atoms with van der Waals surface area (Å²) >= 11 is 7.17. The van der Waals surface area contributed by atoms with Gasteiger partial charge in [0.2, 0.25) is 0 Å². The minimum Gasteiger partial charge on any atom is -0.478 e. The second-order valence-corrected chi connectivity index (χ2v) is 5.36. The van der Waals surface area contributed by atoms with E-state index in [0.717, 1.165) is 9.79 Å². The number of carboxylic acids is 1. The van der Waals surface area contributed by atoms with E-state index in [9.17, 15) is 14.9 Å². The molecule has 0 atom stereocenters. The predicted octanol–water partition coefficient (Wildman–Crippen LogP) is 4.10. The molecule has 0 spiro atoms. The normalized spacial score (nSPS) is 10.2. The predicted molar refractivity (Wildman–Crippen MR) is 75.6 cm³/mol. The fourth-order valence-corrected chi connectivity index (χ4v) is 2.67. The minimum absolute atomic E-state index is 0.0714. The van der Waals surface area contributed by atoms with Crippen molar-refractivity contribution >= 4 is 35.0 Å². The van der Waals surface area contributed by atoms with Gasteiger partial charge in [0.25, 0.3) is 5.69 Å². The van der Waals surface area contributed by atoms with Gasteiger partial charge < -0.3 is 5.11 Å². The van der Waals surface area contributed by atoms with Gasteiger partial charge in [-0.1, -0.05) is 23.4 Å². The van der Waals surface area contributed by atoms with Gasteiger partial charge in [-0.15, -0.1) is 0 Å².